The fourth-order valence-corrected chi connectivity index (χ4v) is 2.67. The van der Waals surface area contributed by atoms with E-state index in [1.165, 1.54) is 6.92 Å². The highest BCUT2D eigenvalue weighted by Gasteiger charge is 2.65. The second kappa shape index (κ2) is 7.48. The molecule has 1 fully saturated rings. The number of aliphatic hydroxyl groups excluding tert-OH is 2. The third kappa shape index (κ3) is 3.47. The highest BCUT2D eigenvalue weighted by Crippen LogP contribution is 2.42. The van der Waals surface area contributed by atoms with E-state index in [9.17, 15) is 24.6 Å². The lowest BCUT2D eigenvalue weighted by atomic mass is 10.0. The van der Waals surface area contributed by atoms with Crippen LogP contribution in [0.1, 0.15) is 19.4 Å². The van der Waals surface area contributed by atoms with Crippen LogP contribution >= 0.6 is 0 Å². The van der Waals surface area contributed by atoms with E-state index < -0.39 is 53.7 Å². The van der Waals surface area contributed by atoms with Crippen LogP contribution in [0.4, 0.5) is 4.39 Å². The van der Waals surface area contributed by atoms with Crippen molar-refractivity contribution in [2.75, 3.05) is 6.61 Å². The Kier molecular flexibility index (Phi) is 5.82. The predicted octanol–water partition coefficient (Wildman–Crippen LogP) is -1.92. The van der Waals surface area contributed by atoms with Crippen molar-refractivity contribution in [3.63, 3.8) is 0 Å². The van der Waals surface area contributed by atoms with Gasteiger partial charge in [-0.2, -0.15) is 0 Å². The molecule has 0 aromatic carbocycles. The normalized spacial score (nSPS) is 30.8. The Labute approximate surface area is 159 Å². The first-order chi connectivity index (χ1) is 12.9. The lowest BCUT2D eigenvalue weighted by Crippen LogP contribution is -2.51. The summed E-state index contributed by atoms with van der Waals surface area (Å²) in [6.45, 7) is 3.51. The molecule has 10 nitrogen and oxygen atoms in total. The van der Waals surface area contributed by atoms with Crippen molar-refractivity contribution in [2.24, 2.45) is 11.7 Å². The average Bonchev–Trinajstić information content (AvgIpc) is 2.84. The van der Waals surface area contributed by atoms with Gasteiger partial charge < -0.3 is 20.7 Å². The van der Waals surface area contributed by atoms with Gasteiger partial charge in [0.2, 0.25) is 5.72 Å². The van der Waals surface area contributed by atoms with Crippen molar-refractivity contribution >= 4 is 5.97 Å². The largest absolute Gasteiger partial charge is 0.458 e. The second-order valence-electron chi connectivity index (χ2n) is 6.94. The summed E-state index contributed by atoms with van der Waals surface area (Å²) < 4.78 is 25.7. The van der Waals surface area contributed by atoms with E-state index in [2.05, 4.69) is 0 Å². The maximum Gasteiger partial charge on any atom is 0.331 e. The number of hydrogen-bond donors (Lipinski definition) is 4. The van der Waals surface area contributed by atoms with Gasteiger partial charge in [-0.3, -0.25) is 23.9 Å². The summed E-state index contributed by atoms with van der Waals surface area (Å²) in [6, 6.07) is -1.05. The first-order valence-electron chi connectivity index (χ1n) is 8.38. The Morgan fingerprint density at radius 3 is 2.64 bits per heavy atom. The van der Waals surface area contributed by atoms with Crippen LogP contribution in [0, 0.1) is 25.2 Å². The topological polar surface area (TPSA) is 157 Å². The maximum atomic E-state index is 15.2. The standard InChI is InChI=1S/C17H22FN3O7/c1-5-17(21-6-9(4)13(24)20-15(21)26)12(23)11(22)16(18,28-17)7-27-14(25)10(19)8(2)3/h1,6,8,10-12,22-23H,7,19H2,2-4H3,(H,20,24,26)/t10-,11-,12+,16+,17+/m0/s1. The van der Waals surface area contributed by atoms with E-state index >= 15 is 4.39 Å². The number of nitrogens with two attached hydrogens (primary N) is 1. The minimum absolute atomic E-state index is 0.0187. The summed E-state index contributed by atoms with van der Waals surface area (Å²) >= 11 is 0. The molecule has 1 aliphatic heterocycles. The number of H-pyrrole nitrogens is 1. The van der Waals surface area contributed by atoms with Crippen molar-refractivity contribution in [1.82, 2.24) is 9.55 Å². The molecule has 0 amide bonds. The van der Waals surface area contributed by atoms with Gasteiger partial charge in [-0.05, 0) is 18.8 Å². The number of nitrogens with one attached hydrogen (secondary N) is 1. The molecule has 1 aromatic rings. The van der Waals surface area contributed by atoms with Crippen LogP contribution in [0.5, 0.6) is 0 Å². The number of aryl methyl sites for hydroxylation is 1. The fourth-order valence-electron chi connectivity index (χ4n) is 2.67. The third-order valence-corrected chi connectivity index (χ3v) is 4.55. The molecule has 5 N–H and O–H groups in total. The van der Waals surface area contributed by atoms with E-state index in [-0.39, 0.29) is 11.5 Å². The number of aromatic amines is 1. The zero-order valence-corrected chi connectivity index (χ0v) is 15.5. The van der Waals surface area contributed by atoms with Crippen LogP contribution in [-0.4, -0.2) is 56.4 Å². The van der Waals surface area contributed by atoms with Gasteiger partial charge in [-0.1, -0.05) is 13.8 Å². The van der Waals surface area contributed by atoms with Gasteiger partial charge in [0, 0.05) is 11.8 Å². The van der Waals surface area contributed by atoms with E-state index in [4.69, 9.17) is 21.6 Å². The monoisotopic (exact) mass is 399 g/mol. The minimum atomic E-state index is -3.14. The van der Waals surface area contributed by atoms with E-state index in [0.29, 0.717) is 4.57 Å². The van der Waals surface area contributed by atoms with Gasteiger partial charge in [0.25, 0.3) is 11.4 Å². The van der Waals surface area contributed by atoms with Gasteiger partial charge in [0.05, 0.1) is 0 Å². The Balaban J connectivity index is 2.40. The van der Waals surface area contributed by atoms with Gasteiger partial charge in [-0.25, -0.2) is 9.18 Å². The van der Waals surface area contributed by atoms with Gasteiger partial charge in [0.1, 0.15) is 18.2 Å². The van der Waals surface area contributed by atoms with Crippen molar-refractivity contribution < 1.29 is 28.9 Å². The average molecular weight is 399 g/mol. The van der Waals surface area contributed by atoms with E-state index in [0.717, 1.165) is 6.20 Å². The number of terminal acetylenes is 1. The molecule has 0 spiro atoms. The molecule has 0 radical (unpaired) electrons. The molecule has 28 heavy (non-hydrogen) atoms. The number of halogens is 1. The molecule has 2 heterocycles. The molecule has 0 aliphatic carbocycles. The van der Waals surface area contributed by atoms with E-state index in [1.807, 2.05) is 10.9 Å². The predicted molar refractivity (Wildman–Crippen MR) is 93.6 cm³/mol. The number of aliphatic hydroxyl groups is 2. The number of aromatic nitrogens is 2. The zero-order chi connectivity index (χ0) is 21.4. The van der Waals surface area contributed by atoms with Crippen molar-refractivity contribution in [3.8, 4) is 12.3 Å². The van der Waals surface area contributed by atoms with Gasteiger partial charge in [0.15, 0.2) is 6.61 Å². The first kappa shape index (κ1) is 21.8. The summed E-state index contributed by atoms with van der Waals surface area (Å²) in [6.07, 6.45) is 1.95. The van der Waals surface area contributed by atoms with Crippen LogP contribution in [0.25, 0.3) is 0 Å². The Morgan fingerprint density at radius 2 is 2.11 bits per heavy atom. The lowest BCUT2D eigenvalue weighted by Gasteiger charge is -2.29. The summed E-state index contributed by atoms with van der Waals surface area (Å²) in [5.41, 5.74) is 1.32. The number of ether oxygens (including phenoxy) is 2. The van der Waals surface area contributed by atoms with Crippen molar-refractivity contribution in [2.45, 2.75) is 50.6 Å². The maximum absolute atomic E-state index is 15.2. The molecule has 154 valence electrons. The number of carbonyl (C=O) groups is 1. The number of alkyl halides is 1. The molecular weight excluding hydrogens is 377 g/mol. The molecule has 0 bridgehead atoms. The third-order valence-electron chi connectivity index (χ3n) is 4.55. The molecule has 1 aromatic heterocycles. The molecule has 1 saturated heterocycles. The molecule has 2 rings (SSSR count). The van der Waals surface area contributed by atoms with Crippen molar-refractivity contribution in [1.29, 1.82) is 0 Å². The Hall–Kier alpha value is -2.52. The highest BCUT2D eigenvalue weighted by atomic mass is 19.2. The lowest BCUT2D eigenvalue weighted by molar-refractivity contribution is -0.234. The number of nitrogens with zero attached hydrogens (tertiary/aromatic N) is 1. The minimum Gasteiger partial charge on any atom is -0.458 e. The second-order valence-corrected chi connectivity index (χ2v) is 6.94. The summed E-state index contributed by atoms with van der Waals surface area (Å²) in [4.78, 5) is 37.5. The summed E-state index contributed by atoms with van der Waals surface area (Å²) in [7, 11) is 0. The quantitative estimate of drug-likeness (QED) is 0.330. The number of esters is 1. The van der Waals surface area contributed by atoms with E-state index in [1.54, 1.807) is 13.8 Å². The van der Waals surface area contributed by atoms with Crippen LogP contribution in [0.15, 0.2) is 15.8 Å². The molecular formula is C17H22FN3O7. The van der Waals surface area contributed by atoms with Crippen LogP contribution in [0.3, 0.4) is 0 Å². The SMILES string of the molecule is C#C[C@@]1(n2cc(C)c(=O)[nH]c2=O)O[C@](F)(COC(=O)[C@@H](N)C(C)C)[C@@H](O)[C@H]1O. The number of carbonyl (C=O) groups excluding carboxylic acids is 1. The van der Waals surface area contributed by atoms with Crippen LogP contribution in [-0.2, 0) is 20.0 Å². The van der Waals surface area contributed by atoms with Gasteiger partial charge in [-0.15, -0.1) is 6.42 Å². The summed E-state index contributed by atoms with van der Waals surface area (Å²) in [5, 5.41) is 20.5. The molecule has 11 heteroatoms. The zero-order valence-electron chi connectivity index (χ0n) is 15.5. The number of rotatable bonds is 5. The molecule has 1 aliphatic rings. The highest BCUT2D eigenvalue weighted by molar-refractivity contribution is 5.75. The van der Waals surface area contributed by atoms with Crippen molar-refractivity contribution in [3.05, 3.63) is 32.6 Å². The summed E-state index contributed by atoms with van der Waals surface area (Å²) in [5.74, 6) is -2.44. The van der Waals surface area contributed by atoms with Gasteiger partial charge >= 0.3 is 11.7 Å². The van der Waals surface area contributed by atoms with Crippen LogP contribution in [0.2, 0.25) is 0 Å². The fraction of sp³-hybridized carbons (Fsp3) is 0.588. The molecule has 0 saturated carbocycles. The number of hydrogen-bond acceptors (Lipinski definition) is 8. The first-order valence-corrected chi connectivity index (χ1v) is 8.38. The Morgan fingerprint density at radius 1 is 1.50 bits per heavy atom. The molecule has 5 atom stereocenters. The Bertz CT molecular complexity index is 921. The molecule has 0 unspecified atom stereocenters. The smallest absolute Gasteiger partial charge is 0.331 e. The van der Waals surface area contributed by atoms with Crippen LogP contribution < -0.4 is 17.0 Å².